The molecule has 1 heterocycles. The second kappa shape index (κ2) is 5.02. The summed E-state index contributed by atoms with van der Waals surface area (Å²) in [4.78, 5) is 0. The Morgan fingerprint density at radius 2 is 1.89 bits per heavy atom. The molecular formula is C16H23NO. The predicted molar refractivity (Wildman–Crippen MR) is 73.5 cm³/mol. The smallest absolute Gasteiger partial charge is 0.0957 e. The van der Waals surface area contributed by atoms with E-state index >= 15 is 0 Å². The Kier molecular flexibility index (Phi) is 3.40. The lowest BCUT2D eigenvalue weighted by molar-refractivity contribution is -0.140. The lowest BCUT2D eigenvalue weighted by atomic mass is 9.78. The normalized spacial score (nSPS) is 36.7. The lowest BCUT2D eigenvalue weighted by Crippen LogP contribution is -2.52. The zero-order valence-corrected chi connectivity index (χ0v) is 11.2. The van der Waals surface area contributed by atoms with Gasteiger partial charge in [0.15, 0.2) is 0 Å². The minimum atomic E-state index is 0.102. The maximum absolute atomic E-state index is 6.49. The number of hydrogen-bond acceptors (Lipinski definition) is 2. The van der Waals surface area contributed by atoms with Crippen LogP contribution in [0.1, 0.15) is 44.3 Å². The van der Waals surface area contributed by atoms with Crippen molar-refractivity contribution in [1.82, 2.24) is 5.32 Å². The van der Waals surface area contributed by atoms with E-state index < -0.39 is 0 Å². The Morgan fingerprint density at radius 3 is 2.61 bits per heavy atom. The number of ether oxygens (including phenoxy) is 1. The molecule has 1 aromatic carbocycles. The number of rotatable bonds is 1. The van der Waals surface area contributed by atoms with Crippen LogP contribution in [0.3, 0.4) is 0 Å². The van der Waals surface area contributed by atoms with Crippen LogP contribution < -0.4 is 5.32 Å². The molecule has 1 aliphatic carbocycles. The van der Waals surface area contributed by atoms with Crippen molar-refractivity contribution >= 4 is 0 Å². The van der Waals surface area contributed by atoms with Gasteiger partial charge in [0.1, 0.15) is 0 Å². The molecule has 2 nitrogen and oxygen atoms in total. The molecule has 3 rings (SSSR count). The van der Waals surface area contributed by atoms with Crippen LogP contribution in [0.2, 0.25) is 0 Å². The van der Waals surface area contributed by atoms with Crippen molar-refractivity contribution in [3.05, 3.63) is 35.9 Å². The van der Waals surface area contributed by atoms with Gasteiger partial charge in [0, 0.05) is 13.1 Å². The molecule has 1 aliphatic heterocycles. The Labute approximate surface area is 110 Å². The average Bonchev–Trinajstić information content (AvgIpc) is 2.44. The van der Waals surface area contributed by atoms with E-state index in [0.717, 1.165) is 19.0 Å². The standard InChI is InChI=1S/C16H23NO/c1-13-7-9-16(10-8-13)12-17-11-15(18-16)14-5-3-2-4-6-14/h2-6,13,15,17H,7-12H2,1H3. The van der Waals surface area contributed by atoms with Gasteiger partial charge in [0.2, 0.25) is 0 Å². The van der Waals surface area contributed by atoms with Crippen molar-refractivity contribution < 1.29 is 4.74 Å². The topological polar surface area (TPSA) is 21.3 Å². The SMILES string of the molecule is CC1CCC2(CC1)CNCC(c1ccccc1)O2. The Hall–Kier alpha value is -0.860. The van der Waals surface area contributed by atoms with Crippen molar-refractivity contribution in [2.24, 2.45) is 5.92 Å². The van der Waals surface area contributed by atoms with Gasteiger partial charge in [-0.2, -0.15) is 0 Å². The van der Waals surface area contributed by atoms with Gasteiger partial charge in [-0.3, -0.25) is 0 Å². The van der Waals surface area contributed by atoms with Crippen molar-refractivity contribution in [3.63, 3.8) is 0 Å². The Bertz CT molecular complexity index is 381. The summed E-state index contributed by atoms with van der Waals surface area (Å²) in [6, 6.07) is 10.6. The van der Waals surface area contributed by atoms with Crippen LogP contribution in [-0.4, -0.2) is 18.7 Å². The van der Waals surface area contributed by atoms with Gasteiger partial charge in [-0.1, -0.05) is 37.3 Å². The summed E-state index contributed by atoms with van der Waals surface area (Å²) in [5, 5.41) is 3.58. The molecular weight excluding hydrogens is 222 g/mol. The van der Waals surface area contributed by atoms with Gasteiger partial charge in [-0.05, 0) is 37.2 Å². The third-order valence-electron chi connectivity index (χ3n) is 4.53. The molecule has 0 bridgehead atoms. The Balaban J connectivity index is 1.72. The first-order chi connectivity index (χ1) is 8.77. The van der Waals surface area contributed by atoms with Gasteiger partial charge in [0.05, 0.1) is 11.7 Å². The molecule has 1 atom stereocenters. The lowest BCUT2D eigenvalue weighted by Gasteiger charge is -2.45. The van der Waals surface area contributed by atoms with E-state index in [1.165, 1.54) is 31.2 Å². The summed E-state index contributed by atoms with van der Waals surface area (Å²) in [6.45, 7) is 4.34. The van der Waals surface area contributed by atoms with Gasteiger partial charge >= 0.3 is 0 Å². The van der Waals surface area contributed by atoms with Crippen LogP contribution in [0, 0.1) is 5.92 Å². The number of benzene rings is 1. The van der Waals surface area contributed by atoms with Crippen molar-refractivity contribution in [3.8, 4) is 0 Å². The minimum absolute atomic E-state index is 0.102. The van der Waals surface area contributed by atoms with Crippen molar-refractivity contribution in [2.45, 2.75) is 44.3 Å². The fraction of sp³-hybridized carbons (Fsp3) is 0.625. The van der Waals surface area contributed by atoms with E-state index in [-0.39, 0.29) is 11.7 Å². The molecule has 18 heavy (non-hydrogen) atoms. The van der Waals surface area contributed by atoms with Gasteiger partial charge in [-0.25, -0.2) is 0 Å². The van der Waals surface area contributed by atoms with Gasteiger partial charge in [-0.15, -0.1) is 0 Å². The molecule has 1 saturated heterocycles. The molecule has 2 fully saturated rings. The molecule has 2 aliphatic rings. The molecule has 1 saturated carbocycles. The molecule has 1 spiro atoms. The van der Waals surface area contributed by atoms with Crippen molar-refractivity contribution in [1.29, 1.82) is 0 Å². The largest absolute Gasteiger partial charge is 0.364 e. The Morgan fingerprint density at radius 1 is 1.17 bits per heavy atom. The molecule has 1 N–H and O–H groups in total. The molecule has 2 heteroatoms. The third kappa shape index (κ3) is 2.45. The summed E-state index contributed by atoms with van der Waals surface area (Å²) in [5.41, 5.74) is 1.41. The van der Waals surface area contributed by atoms with E-state index in [1.807, 2.05) is 0 Å². The molecule has 0 aromatic heterocycles. The van der Waals surface area contributed by atoms with E-state index in [0.29, 0.717) is 0 Å². The summed E-state index contributed by atoms with van der Waals surface area (Å²) < 4.78 is 6.49. The predicted octanol–water partition coefficient (Wildman–Crippen LogP) is 3.30. The number of morpholine rings is 1. The van der Waals surface area contributed by atoms with E-state index in [4.69, 9.17) is 4.74 Å². The van der Waals surface area contributed by atoms with E-state index in [9.17, 15) is 0 Å². The highest BCUT2D eigenvalue weighted by Crippen LogP contribution is 2.39. The number of nitrogens with one attached hydrogen (secondary N) is 1. The first-order valence-electron chi connectivity index (χ1n) is 7.21. The highest BCUT2D eigenvalue weighted by atomic mass is 16.5. The molecule has 1 unspecified atom stereocenters. The summed E-state index contributed by atoms with van der Waals surface area (Å²) >= 11 is 0. The van der Waals surface area contributed by atoms with Crippen LogP contribution in [0.15, 0.2) is 30.3 Å². The summed E-state index contributed by atoms with van der Waals surface area (Å²) in [6.07, 6.45) is 5.27. The maximum atomic E-state index is 6.49. The van der Waals surface area contributed by atoms with Crippen LogP contribution in [0.5, 0.6) is 0 Å². The quantitative estimate of drug-likeness (QED) is 0.819. The van der Waals surface area contributed by atoms with E-state index in [2.05, 4.69) is 42.6 Å². The zero-order chi connectivity index (χ0) is 12.4. The maximum Gasteiger partial charge on any atom is 0.0957 e. The highest BCUT2D eigenvalue weighted by molar-refractivity contribution is 5.19. The fourth-order valence-electron chi connectivity index (χ4n) is 3.25. The highest BCUT2D eigenvalue weighted by Gasteiger charge is 2.39. The summed E-state index contributed by atoms with van der Waals surface area (Å²) in [7, 11) is 0. The average molecular weight is 245 g/mol. The van der Waals surface area contributed by atoms with Gasteiger partial charge < -0.3 is 10.1 Å². The molecule has 98 valence electrons. The van der Waals surface area contributed by atoms with Crippen LogP contribution in [0.25, 0.3) is 0 Å². The second-order valence-electron chi connectivity index (χ2n) is 6.01. The molecule has 0 amide bonds. The monoisotopic (exact) mass is 245 g/mol. The third-order valence-corrected chi connectivity index (χ3v) is 4.53. The second-order valence-corrected chi connectivity index (χ2v) is 6.01. The first kappa shape index (κ1) is 12.2. The molecule has 0 radical (unpaired) electrons. The number of hydrogen-bond donors (Lipinski definition) is 1. The van der Waals surface area contributed by atoms with Crippen LogP contribution >= 0.6 is 0 Å². The van der Waals surface area contributed by atoms with Gasteiger partial charge in [0.25, 0.3) is 0 Å². The minimum Gasteiger partial charge on any atom is -0.364 e. The van der Waals surface area contributed by atoms with Crippen LogP contribution in [-0.2, 0) is 4.74 Å². The van der Waals surface area contributed by atoms with E-state index in [1.54, 1.807) is 0 Å². The zero-order valence-electron chi connectivity index (χ0n) is 11.2. The van der Waals surface area contributed by atoms with Crippen LogP contribution in [0.4, 0.5) is 0 Å². The first-order valence-corrected chi connectivity index (χ1v) is 7.21. The summed E-state index contributed by atoms with van der Waals surface area (Å²) in [5.74, 6) is 0.872. The van der Waals surface area contributed by atoms with Crippen molar-refractivity contribution in [2.75, 3.05) is 13.1 Å². The molecule has 1 aromatic rings. The fourth-order valence-corrected chi connectivity index (χ4v) is 3.25.